The molecular weight excluding hydrogens is 223 g/mol. The summed E-state index contributed by atoms with van der Waals surface area (Å²) >= 11 is 0. The first-order valence-electron chi connectivity index (χ1n) is 4.71. The van der Waals surface area contributed by atoms with E-state index in [1.165, 1.54) is 0 Å². The van der Waals surface area contributed by atoms with E-state index >= 15 is 0 Å². The average molecular weight is 231 g/mol. The van der Waals surface area contributed by atoms with Gasteiger partial charge in [-0.15, -0.1) is 0 Å². The molecule has 1 aliphatic rings. The van der Waals surface area contributed by atoms with Crippen LogP contribution in [0.5, 0.6) is 5.75 Å². The highest BCUT2D eigenvalue weighted by Crippen LogP contribution is 2.32. The van der Waals surface area contributed by atoms with Gasteiger partial charge in [-0.1, -0.05) is 0 Å². The van der Waals surface area contributed by atoms with Crippen LogP contribution in [0, 0.1) is 0 Å². The highest BCUT2D eigenvalue weighted by Gasteiger charge is 2.33. The van der Waals surface area contributed by atoms with E-state index in [1.54, 1.807) is 0 Å². The summed E-state index contributed by atoms with van der Waals surface area (Å²) in [5.74, 6) is 0.116. The number of carbonyl (C=O) groups is 1. The zero-order valence-electron chi connectivity index (χ0n) is 8.12. The Morgan fingerprint density at radius 3 is 2.56 bits per heavy atom. The van der Waals surface area contributed by atoms with Crippen LogP contribution in [0.2, 0.25) is 0 Å². The molecule has 0 unspecified atom stereocenters. The molecule has 0 atom stereocenters. The Morgan fingerprint density at radius 1 is 1.38 bits per heavy atom. The molecule has 1 saturated carbocycles. The summed E-state index contributed by atoms with van der Waals surface area (Å²) in [4.78, 5) is 13.8. The summed E-state index contributed by atoms with van der Waals surface area (Å²) < 4.78 is 42.1. The number of alkyl halides is 3. The van der Waals surface area contributed by atoms with Crippen LogP contribution in [-0.2, 0) is 6.18 Å². The van der Waals surface area contributed by atoms with Gasteiger partial charge >= 0.3 is 6.18 Å². The quantitative estimate of drug-likeness (QED) is 0.750. The molecule has 1 heterocycles. The van der Waals surface area contributed by atoms with Crippen LogP contribution in [0.3, 0.4) is 0 Å². The van der Waals surface area contributed by atoms with E-state index in [-0.39, 0.29) is 23.8 Å². The number of halogens is 3. The minimum atomic E-state index is -4.55. The predicted octanol–water partition coefficient (Wildman–Crippen LogP) is 2.45. The Morgan fingerprint density at radius 2 is 2.06 bits per heavy atom. The largest absolute Gasteiger partial charge is 0.488 e. The van der Waals surface area contributed by atoms with Crippen molar-refractivity contribution in [3.63, 3.8) is 0 Å². The second kappa shape index (κ2) is 3.77. The lowest BCUT2D eigenvalue weighted by Crippen LogP contribution is -2.10. The third-order valence-electron chi connectivity index (χ3n) is 2.11. The second-order valence-electron chi connectivity index (χ2n) is 3.51. The van der Waals surface area contributed by atoms with Gasteiger partial charge in [0.2, 0.25) is 0 Å². The zero-order valence-corrected chi connectivity index (χ0v) is 8.12. The Hall–Kier alpha value is -1.59. The molecule has 0 bridgehead atoms. The molecule has 6 heteroatoms. The number of carbonyl (C=O) groups excluding carboxylic acids is 1. The van der Waals surface area contributed by atoms with Crippen molar-refractivity contribution in [2.75, 3.05) is 0 Å². The van der Waals surface area contributed by atoms with E-state index in [9.17, 15) is 18.0 Å². The van der Waals surface area contributed by atoms with Crippen LogP contribution >= 0.6 is 0 Å². The number of nitrogens with zero attached hydrogens (tertiary/aromatic N) is 1. The van der Waals surface area contributed by atoms with Gasteiger partial charge in [-0.05, 0) is 25.0 Å². The maximum atomic E-state index is 12.3. The number of hydrogen-bond donors (Lipinski definition) is 0. The standard InChI is InChI=1S/C10H8F3NO2/c11-10(12,13)9-4-3-8(7(5-15)14-9)16-6-1-2-6/h3-6H,1-2H2. The molecule has 0 saturated heterocycles. The Balaban J connectivity index is 2.30. The van der Waals surface area contributed by atoms with Crippen LogP contribution in [0.1, 0.15) is 29.0 Å². The van der Waals surface area contributed by atoms with Gasteiger partial charge in [0, 0.05) is 0 Å². The van der Waals surface area contributed by atoms with Gasteiger partial charge in [-0.25, -0.2) is 4.98 Å². The third kappa shape index (κ3) is 2.32. The molecule has 1 aromatic rings. The van der Waals surface area contributed by atoms with Crippen LogP contribution in [0.15, 0.2) is 12.1 Å². The first kappa shape index (κ1) is 10.9. The number of aldehydes is 1. The molecule has 0 aromatic carbocycles. The maximum Gasteiger partial charge on any atom is 0.433 e. The summed E-state index contributed by atoms with van der Waals surface area (Å²) in [6, 6.07) is 1.95. The van der Waals surface area contributed by atoms with Crippen molar-refractivity contribution in [1.82, 2.24) is 4.98 Å². The summed E-state index contributed by atoms with van der Waals surface area (Å²) in [6.07, 6.45) is -2.54. The fourth-order valence-corrected chi connectivity index (χ4v) is 1.17. The van der Waals surface area contributed by atoms with Gasteiger partial charge < -0.3 is 4.74 Å². The van der Waals surface area contributed by atoms with Crippen molar-refractivity contribution in [2.24, 2.45) is 0 Å². The molecule has 3 nitrogen and oxygen atoms in total. The van der Waals surface area contributed by atoms with Crippen LogP contribution < -0.4 is 4.74 Å². The molecular formula is C10H8F3NO2. The van der Waals surface area contributed by atoms with Crippen molar-refractivity contribution < 1.29 is 22.7 Å². The minimum Gasteiger partial charge on any atom is -0.488 e. The van der Waals surface area contributed by atoms with Crippen LogP contribution in [0.4, 0.5) is 13.2 Å². The Bertz CT molecular complexity index is 413. The van der Waals surface area contributed by atoms with E-state index in [4.69, 9.17) is 4.74 Å². The van der Waals surface area contributed by atoms with Gasteiger partial charge in [0.05, 0.1) is 6.10 Å². The summed E-state index contributed by atoms with van der Waals surface area (Å²) in [7, 11) is 0. The molecule has 1 aromatic heterocycles. The first-order chi connectivity index (χ1) is 7.50. The van der Waals surface area contributed by atoms with Crippen molar-refractivity contribution >= 4 is 6.29 Å². The Kier molecular flexibility index (Phi) is 2.57. The number of pyridine rings is 1. The minimum absolute atomic E-state index is 0.0113. The molecule has 0 amide bonds. The van der Waals surface area contributed by atoms with Crippen molar-refractivity contribution in [3.8, 4) is 5.75 Å². The molecule has 2 rings (SSSR count). The van der Waals surface area contributed by atoms with Crippen molar-refractivity contribution in [3.05, 3.63) is 23.5 Å². The topological polar surface area (TPSA) is 39.2 Å². The highest BCUT2D eigenvalue weighted by molar-refractivity contribution is 5.76. The molecule has 0 N–H and O–H groups in total. The summed E-state index contributed by atoms with van der Waals surface area (Å²) in [5.41, 5.74) is -1.39. The molecule has 0 radical (unpaired) electrons. The molecule has 86 valence electrons. The van der Waals surface area contributed by atoms with Gasteiger partial charge in [0.1, 0.15) is 17.1 Å². The van der Waals surface area contributed by atoms with E-state index in [0.29, 0.717) is 0 Å². The molecule has 1 fully saturated rings. The number of ether oxygens (including phenoxy) is 1. The lowest BCUT2D eigenvalue weighted by atomic mass is 10.3. The van der Waals surface area contributed by atoms with Crippen molar-refractivity contribution in [1.29, 1.82) is 0 Å². The predicted molar refractivity (Wildman–Crippen MR) is 48.3 cm³/mol. The fourth-order valence-electron chi connectivity index (χ4n) is 1.17. The second-order valence-corrected chi connectivity index (χ2v) is 3.51. The number of aromatic nitrogens is 1. The first-order valence-corrected chi connectivity index (χ1v) is 4.71. The van der Waals surface area contributed by atoms with Crippen LogP contribution in [0.25, 0.3) is 0 Å². The van der Waals surface area contributed by atoms with Crippen LogP contribution in [-0.4, -0.2) is 17.4 Å². The van der Waals surface area contributed by atoms with Gasteiger partial charge in [-0.3, -0.25) is 4.79 Å². The highest BCUT2D eigenvalue weighted by atomic mass is 19.4. The lowest BCUT2D eigenvalue weighted by molar-refractivity contribution is -0.141. The normalized spacial score (nSPS) is 15.9. The monoisotopic (exact) mass is 231 g/mol. The zero-order chi connectivity index (χ0) is 11.8. The SMILES string of the molecule is O=Cc1nc(C(F)(F)F)ccc1OC1CC1. The third-order valence-corrected chi connectivity index (χ3v) is 2.11. The van der Waals surface area contributed by atoms with Gasteiger partial charge in [0.25, 0.3) is 0 Å². The van der Waals surface area contributed by atoms with E-state index in [0.717, 1.165) is 25.0 Å². The number of hydrogen-bond acceptors (Lipinski definition) is 3. The maximum absolute atomic E-state index is 12.3. The molecule has 16 heavy (non-hydrogen) atoms. The van der Waals surface area contributed by atoms with E-state index in [1.807, 2.05) is 0 Å². The molecule has 1 aliphatic carbocycles. The summed E-state index contributed by atoms with van der Waals surface area (Å²) in [5, 5.41) is 0. The smallest absolute Gasteiger partial charge is 0.433 e. The van der Waals surface area contributed by atoms with E-state index < -0.39 is 11.9 Å². The average Bonchev–Trinajstić information content (AvgIpc) is 3.00. The lowest BCUT2D eigenvalue weighted by Gasteiger charge is -2.09. The van der Waals surface area contributed by atoms with E-state index in [2.05, 4.69) is 4.98 Å². The Labute approximate surface area is 89.2 Å². The van der Waals surface area contributed by atoms with Gasteiger partial charge in [0.15, 0.2) is 6.29 Å². The fraction of sp³-hybridized carbons (Fsp3) is 0.400. The van der Waals surface area contributed by atoms with Crippen molar-refractivity contribution in [2.45, 2.75) is 25.1 Å². The molecule has 0 spiro atoms. The molecule has 0 aliphatic heterocycles. The summed E-state index contributed by atoms with van der Waals surface area (Å²) in [6.45, 7) is 0. The van der Waals surface area contributed by atoms with Gasteiger partial charge in [-0.2, -0.15) is 13.2 Å². The number of rotatable bonds is 3.